The monoisotopic (exact) mass is 450 g/mol. The standard InChI is InChI=1S/C15H22N4S2.HI/c1-19(2)13(14-6-4-10-21-14)11-18-15(16)17-8-7-12-5-3-9-20-12;/h3-6,9-10,13H,7-8,11H2,1-2H3,(H3,16,17,18);1H. The van der Waals surface area contributed by atoms with Crippen LogP contribution in [0.4, 0.5) is 0 Å². The molecule has 2 aromatic heterocycles. The molecule has 0 aliphatic carbocycles. The Morgan fingerprint density at radius 2 is 2.00 bits per heavy atom. The Morgan fingerprint density at radius 1 is 1.27 bits per heavy atom. The zero-order valence-corrected chi connectivity index (χ0v) is 16.8. The van der Waals surface area contributed by atoms with Crippen molar-refractivity contribution in [2.75, 3.05) is 27.2 Å². The van der Waals surface area contributed by atoms with Gasteiger partial charge in [0, 0.05) is 16.3 Å². The Labute approximate surface area is 157 Å². The van der Waals surface area contributed by atoms with E-state index in [-0.39, 0.29) is 30.0 Å². The van der Waals surface area contributed by atoms with Crippen LogP contribution in [0, 0.1) is 0 Å². The third-order valence-corrected chi connectivity index (χ3v) is 5.10. The molecule has 3 N–H and O–H groups in total. The molecular weight excluding hydrogens is 427 g/mol. The fourth-order valence-corrected chi connectivity index (χ4v) is 3.62. The van der Waals surface area contributed by atoms with Crippen molar-refractivity contribution >= 4 is 52.6 Å². The summed E-state index contributed by atoms with van der Waals surface area (Å²) in [7, 11) is 4.14. The van der Waals surface area contributed by atoms with Crippen molar-refractivity contribution in [2.24, 2.45) is 10.7 Å². The highest BCUT2D eigenvalue weighted by Gasteiger charge is 2.14. The van der Waals surface area contributed by atoms with E-state index in [1.807, 2.05) is 0 Å². The highest BCUT2D eigenvalue weighted by atomic mass is 127. The van der Waals surface area contributed by atoms with Crippen molar-refractivity contribution in [1.29, 1.82) is 0 Å². The van der Waals surface area contributed by atoms with Crippen molar-refractivity contribution in [3.8, 4) is 0 Å². The average molecular weight is 450 g/mol. The molecule has 2 aromatic rings. The van der Waals surface area contributed by atoms with Crippen LogP contribution in [0.1, 0.15) is 15.8 Å². The third kappa shape index (κ3) is 6.23. The molecule has 0 saturated carbocycles. The summed E-state index contributed by atoms with van der Waals surface area (Å²) in [5, 5.41) is 7.37. The number of thiophene rings is 2. The highest BCUT2D eigenvalue weighted by Crippen LogP contribution is 2.23. The quantitative estimate of drug-likeness (QED) is 0.387. The number of halogens is 1. The van der Waals surface area contributed by atoms with E-state index >= 15 is 0 Å². The minimum atomic E-state index is 0. The van der Waals surface area contributed by atoms with Crippen molar-refractivity contribution in [2.45, 2.75) is 12.5 Å². The Bertz CT molecular complexity index is 538. The third-order valence-electron chi connectivity index (χ3n) is 3.19. The lowest BCUT2D eigenvalue weighted by atomic mass is 10.2. The van der Waals surface area contributed by atoms with Crippen LogP contribution in [-0.2, 0) is 6.42 Å². The van der Waals surface area contributed by atoms with Gasteiger partial charge in [-0.25, -0.2) is 0 Å². The van der Waals surface area contributed by atoms with Gasteiger partial charge >= 0.3 is 0 Å². The van der Waals surface area contributed by atoms with Gasteiger partial charge < -0.3 is 16.0 Å². The molecule has 4 nitrogen and oxygen atoms in total. The van der Waals surface area contributed by atoms with E-state index in [4.69, 9.17) is 5.73 Å². The normalized spacial score (nSPS) is 13.0. The van der Waals surface area contributed by atoms with Crippen molar-refractivity contribution in [1.82, 2.24) is 10.2 Å². The first-order chi connectivity index (χ1) is 10.2. The lowest BCUT2D eigenvalue weighted by molar-refractivity contribution is 0.310. The number of likely N-dealkylation sites (N-methyl/N-ethyl adjacent to an activating group) is 1. The molecule has 0 fully saturated rings. The Hall–Kier alpha value is -0.640. The molecule has 1 atom stereocenters. The fourth-order valence-electron chi connectivity index (χ4n) is 2.00. The first-order valence-corrected chi connectivity index (χ1v) is 8.68. The summed E-state index contributed by atoms with van der Waals surface area (Å²) in [5.74, 6) is 0.523. The predicted molar refractivity (Wildman–Crippen MR) is 109 cm³/mol. The molecule has 0 radical (unpaired) electrons. The van der Waals surface area contributed by atoms with Crippen LogP contribution in [0.5, 0.6) is 0 Å². The van der Waals surface area contributed by atoms with Gasteiger partial charge in [0.1, 0.15) is 0 Å². The van der Waals surface area contributed by atoms with E-state index < -0.39 is 0 Å². The van der Waals surface area contributed by atoms with Crippen LogP contribution < -0.4 is 11.1 Å². The van der Waals surface area contributed by atoms with Crippen LogP contribution in [0.15, 0.2) is 40.0 Å². The minimum Gasteiger partial charge on any atom is -0.370 e. The topological polar surface area (TPSA) is 53.6 Å². The molecule has 22 heavy (non-hydrogen) atoms. The van der Waals surface area contributed by atoms with Crippen molar-refractivity contribution < 1.29 is 0 Å². The number of aliphatic imine (C=N–C) groups is 1. The summed E-state index contributed by atoms with van der Waals surface area (Å²) < 4.78 is 0. The lowest BCUT2D eigenvalue weighted by Crippen LogP contribution is -2.34. The SMILES string of the molecule is CN(C)C(CN=C(N)NCCc1cccs1)c1cccs1.I. The maximum absolute atomic E-state index is 5.94. The molecule has 2 heterocycles. The molecule has 0 bridgehead atoms. The molecule has 0 aliphatic rings. The Morgan fingerprint density at radius 3 is 2.59 bits per heavy atom. The number of nitrogens with one attached hydrogen (secondary N) is 1. The largest absolute Gasteiger partial charge is 0.370 e. The summed E-state index contributed by atoms with van der Waals surface area (Å²) in [4.78, 5) is 9.32. The summed E-state index contributed by atoms with van der Waals surface area (Å²) in [6.07, 6.45) is 0.982. The van der Waals surface area contributed by atoms with E-state index in [2.05, 4.69) is 64.3 Å². The maximum atomic E-state index is 5.94. The molecule has 1 unspecified atom stereocenters. The van der Waals surface area contributed by atoms with Crippen LogP contribution in [0.3, 0.4) is 0 Å². The maximum Gasteiger partial charge on any atom is 0.188 e. The molecule has 2 rings (SSSR count). The summed E-state index contributed by atoms with van der Waals surface area (Å²) in [5.41, 5.74) is 5.94. The Kier molecular flexibility index (Phi) is 8.99. The van der Waals surface area contributed by atoms with E-state index in [9.17, 15) is 0 Å². The predicted octanol–water partition coefficient (Wildman–Crippen LogP) is 3.18. The van der Waals surface area contributed by atoms with Crippen LogP contribution in [0.2, 0.25) is 0 Å². The van der Waals surface area contributed by atoms with Crippen LogP contribution in [-0.4, -0.2) is 38.0 Å². The number of guanidine groups is 1. The molecule has 0 spiro atoms. The van der Waals surface area contributed by atoms with Crippen LogP contribution in [0.25, 0.3) is 0 Å². The minimum absolute atomic E-state index is 0. The average Bonchev–Trinajstić information content (AvgIpc) is 3.11. The zero-order chi connectivity index (χ0) is 15.1. The van der Waals surface area contributed by atoms with Gasteiger partial charge in [-0.3, -0.25) is 4.99 Å². The van der Waals surface area contributed by atoms with Gasteiger partial charge in [-0.05, 0) is 43.4 Å². The second-order valence-electron chi connectivity index (χ2n) is 4.98. The number of nitrogens with zero attached hydrogens (tertiary/aromatic N) is 2. The summed E-state index contributed by atoms with van der Waals surface area (Å²) in [6.45, 7) is 1.49. The van der Waals surface area contributed by atoms with E-state index in [1.165, 1.54) is 9.75 Å². The number of hydrogen-bond donors (Lipinski definition) is 2. The van der Waals surface area contributed by atoms with E-state index in [0.717, 1.165) is 13.0 Å². The first-order valence-electron chi connectivity index (χ1n) is 6.93. The molecule has 0 aliphatic heterocycles. The summed E-state index contributed by atoms with van der Waals surface area (Å²) >= 11 is 3.53. The fraction of sp³-hybridized carbons (Fsp3) is 0.400. The number of hydrogen-bond acceptors (Lipinski definition) is 4. The molecular formula is C15H23IN4S2. The van der Waals surface area contributed by atoms with E-state index in [0.29, 0.717) is 12.5 Å². The van der Waals surface area contributed by atoms with Gasteiger partial charge in [-0.2, -0.15) is 0 Å². The first kappa shape index (κ1) is 19.4. The second-order valence-corrected chi connectivity index (χ2v) is 6.99. The molecule has 0 aromatic carbocycles. The molecule has 7 heteroatoms. The lowest BCUT2D eigenvalue weighted by Gasteiger charge is -2.21. The molecule has 0 amide bonds. The second kappa shape index (κ2) is 10.2. The van der Waals surface area contributed by atoms with Gasteiger partial charge in [-0.1, -0.05) is 12.1 Å². The van der Waals surface area contributed by atoms with Gasteiger partial charge in [0.15, 0.2) is 5.96 Å². The van der Waals surface area contributed by atoms with Crippen molar-refractivity contribution in [3.63, 3.8) is 0 Å². The Balaban J connectivity index is 0.00000242. The molecule has 122 valence electrons. The molecule has 0 saturated heterocycles. The summed E-state index contributed by atoms with van der Waals surface area (Å²) in [6, 6.07) is 8.70. The zero-order valence-electron chi connectivity index (χ0n) is 12.9. The van der Waals surface area contributed by atoms with Gasteiger partial charge in [0.2, 0.25) is 0 Å². The number of rotatable bonds is 7. The van der Waals surface area contributed by atoms with Crippen LogP contribution >= 0.6 is 46.7 Å². The highest BCUT2D eigenvalue weighted by molar-refractivity contribution is 14.0. The van der Waals surface area contributed by atoms with Gasteiger partial charge in [0.25, 0.3) is 0 Å². The van der Waals surface area contributed by atoms with Gasteiger partial charge in [-0.15, -0.1) is 46.7 Å². The van der Waals surface area contributed by atoms with E-state index in [1.54, 1.807) is 22.7 Å². The number of nitrogens with two attached hydrogens (primary N) is 1. The van der Waals surface area contributed by atoms with Gasteiger partial charge in [0.05, 0.1) is 12.6 Å². The smallest absolute Gasteiger partial charge is 0.188 e. The van der Waals surface area contributed by atoms with Crippen molar-refractivity contribution in [3.05, 3.63) is 44.8 Å².